The second-order valence-corrected chi connectivity index (χ2v) is 4.13. The van der Waals surface area contributed by atoms with Crippen LogP contribution in [0.5, 0.6) is 5.75 Å². The SMILES string of the molecule is C#CCCCCN=C(N)Nc1ccc(OC(F)(F)F)cc1. The van der Waals surface area contributed by atoms with Crippen molar-refractivity contribution in [3.63, 3.8) is 0 Å². The molecule has 0 spiro atoms. The molecule has 1 aromatic rings. The standard InChI is InChI=1S/C14H16F3N3O/c1-2-3-4-5-10-19-13(18)20-11-6-8-12(9-7-11)21-14(15,16)17/h1,6-9H,3-5,10H2,(H3,18,19,20). The summed E-state index contributed by atoms with van der Waals surface area (Å²) < 4.78 is 39.7. The molecule has 0 fully saturated rings. The Bertz CT molecular complexity index is 504. The summed E-state index contributed by atoms with van der Waals surface area (Å²) in [4.78, 5) is 4.08. The Morgan fingerprint density at radius 3 is 2.52 bits per heavy atom. The largest absolute Gasteiger partial charge is 0.573 e. The molecule has 4 nitrogen and oxygen atoms in total. The van der Waals surface area contributed by atoms with E-state index in [0.29, 0.717) is 18.7 Å². The van der Waals surface area contributed by atoms with Gasteiger partial charge in [0.05, 0.1) is 0 Å². The molecule has 0 atom stereocenters. The molecule has 0 heterocycles. The number of terminal acetylenes is 1. The van der Waals surface area contributed by atoms with E-state index in [4.69, 9.17) is 12.2 Å². The number of anilines is 1. The molecule has 0 bridgehead atoms. The average Bonchev–Trinajstić information content (AvgIpc) is 2.39. The van der Waals surface area contributed by atoms with Crippen molar-refractivity contribution in [3.05, 3.63) is 24.3 Å². The van der Waals surface area contributed by atoms with Crippen LogP contribution in [0.15, 0.2) is 29.3 Å². The fourth-order valence-electron chi connectivity index (χ4n) is 1.47. The Hall–Kier alpha value is -2.36. The molecular weight excluding hydrogens is 283 g/mol. The number of hydrogen-bond donors (Lipinski definition) is 2. The normalized spacial score (nSPS) is 11.8. The summed E-state index contributed by atoms with van der Waals surface area (Å²) in [5.74, 6) is 2.43. The Balaban J connectivity index is 2.44. The van der Waals surface area contributed by atoms with E-state index in [1.165, 1.54) is 24.3 Å². The number of ether oxygens (including phenoxy) is 1. The number of nitrogens with two attached hydrogens (primary N) is 1. The highest BCUT2D eigenvalue weighted by Gasteiger charge is 2.30. The lowest BCUT2D eigenvalue weighted by molar-refractivity contribution is -0.274. The van der Waals surface area contributed by atoms with Crippen molar-refractivity contribution < 1.29 is 17.9 Å². The van der Waals surface area contributed by atoms with Crippen LogP contribution in [-0.4, -0.2) is 18.9 Å². The zero-order valence-electron chi connectivity index (χ0n) is 11.3. The van der Waals surface area contributed by atoms with Crippen molar-refractivity contribution in [2.24, 2.45) is 10.7 Å². The summed E-state index contributed by atoms with van der Waals surface area (Å²) in [5, 5.41) is 2.77. The monoisotopic (exact) mass is 299 g/mol. The average molecular weight is 299 g/mol. The molecule has 0 radical (unpaired) electrons. The van der Waals surface area contributed by atoms with Gasteiger partial charge < -0.3 is 15.8 Å². The second-order valence-electron chi connectivity index (χ2n) is 4.13. The van der Waals surface area contributed by atoms with Crippen molar-refractivity contribution in [1.82, 2.24) is 0 Å². The molecule has 3 N–H and O–H groups in total. The van der Waals surface area contributed by atoms with E-state index < -0.39 is 6.36 Å². The van der Waals surface area contributed by atoms with Crippen LogP contribution in [-0.2, 0) is 0 Å². The number of alkyl halides is 3. The number of hydrogen-bond acceptors (Lipinski definition) is 2. The highest BCUT2D eigenvalue weighted by Crippen LogP contribution is 2.23. The Labute approximate surface area is 121 Å². The van der Waals surface area contributed by atoms with Gasteiger partial charge in [-0.25, -0.2) is 0 Å². The van der Waals surface area contributed by atoms with Crippen molar-refractivity contribution in [3.8, 4) is 18.1 Å². The summed E-state index contributed by atoms with van der Waals surface area (Å²) in [5.41, 5.74) is 6.17. The first kappa shape index (κ1) is 16.7. The Morgan fingerprint density at radius 1 is 1.29 bits per heavy atom. The Kier molecular flexibility index (Phi) is 6.40. The fourth-order valence-corrected chi connectivity index (χ4v) is 1.47. The highest BCUT2D eigenvalue weighted by molar-refractivity contribution is 5.92. The van der Waals surface area contributed by atoms with Crippen LogP contribution < -0.4 is 15.8 Å². The molecule has 1 aromatic carbocycles. The molecule has 0 aromatic heterocycles. The molecule has 0 saturated heterocycles. The predicted molar refractivity (Wildman–Crippen MR) is 75.9 cm³/mol. The number of nitrogens with zero attached hydrogens (tertiary/aromatic N) is 1. The molecule has 0 unspecified atom stereocenters. The van der Waals surface area contributed by atoms with Crippen molar-refractivity contribution in [2.75, 3.05) is 11.9 Å². The molecule has 7 heteroatoms. The van der Waals surface area contributed by atoms with Crippen LogP contribution >= 0.6 is 0 Å². The summed E-state index contributed by atoms with van der Waals surface area (Å²) in [6, 6.07) is 5.22. The van der Waals surface area contributed by atoms with Crippen molar-refractivity contribution in [2.45, 2.75) is 25.6 Å². The van der Waals surface area contributed by atoms with E-state index in [0.717, 1.165) is 12.8 Å². The van der Waals surface area contributed by atoms with E-state index in [2.05, 4.69) is 21.0 Å². The fraction of sp³-hybridized carbons (Fsp3) is 0.357. The van der Waals surface area contributed by atoms with Crippen LogP contribution in [0.25, 0.3) is 0 Å². The predicted octanol–water partition coefficient (Wildman–Crippen LogP) is 3.12. The smallest absolute Gasteiger partial charge is 0.406 e. The molecule has 0 aliphatic rings. The van der Waals surface area contributed by atoms with Gasteiger partial charge in [-0.15, -0.1) is 25.5 Å². The number of guanidine groups is 1. The first-order valence-corrected chi connectivity index (χ1v) is 6.27. The first-order chi connectivity index (χ1) is 9.90. The molecule has 0 aliphatic carbocycles. The van der Waals surface area contributed by atoms with Crippen LogP contribution in [0, 0.1) is 12.3 Å². The van der Waals surface area contributed by atoms with Gasteiger partial charge in [-0.3, -0.25) is 4.99 Å². The molecule has 0 amide bonds. The second kappa shape index (κ2) is 8.04. The quantitative estimate of drug-likeness (QED) is 0.367. The number of unbranched alkanes of at least 4 members (excludes halogenated alkanes) is 2. The molecule has 0 aliphatic heterocycles. The van der Waals surface area contributed by atoms with Gasteiger partial charge >= 0.3 is 6.36 Å². The minimum absolute atomic E-state index is 0.195. The van der Waals surface area contributed by atoms with Gasteiger partial charge in [0, 0.05) is 18.7 Å². The van der Waals surface area contributed by atoms with E-state index >= 15 is 0 Å². The molecule has 1 rings (SSSR count). The summed E-state index contributed by atoms with van der Waals surface area (Å²) in [6.07, 6.45) is 2.81. The number of halogens is 3. The third-order valence-corrected chi connectivity index (χ3v) is 2.37. The van der Waals surface area contributed by atoms with Gasteiger partial charge in [0.2, 0.25) is 0 Å². The number of benzene rings is 1. The highest BCUT2D eigenvalue weighted by atomic mass is 19.4. The summed E-state index contributed by atoms with van der Waals surface area (Å²) >= 11 is 0. The minimum Gasteiger partial charge on any atom is -0.406 e. The number of rotatable bonds is 6. The van der Waals surface area contributed by atoms with Crippen molar-refractivity contribution in [1.29, 1.82) is 0 Å². The first-order valence-electron chi connectivity index (χ1n) is 6.27. The van der Waals surface area contributed by atoms with Gasteiger partial charge in [-0.1, -0.05) is 0 Å². The zero-order valence-corrected chi connectivity index (χ0v) is 11.3. The molecule has 21 heavy (non-hydrogen) atoms. The van der Waals surface area contributed by atoms with E-state index in [1.54, 1.807) is 0 Å². The van der Waals surface area contributed by atoms with E-state index in [9.17, 15) is 13.2 Å². The number of nitrogens with one attached hydrogen (secondary N) is 1. The summed E-state index contributed by atoms with van der Waals surface area (Å²) in [6.45, 7) is 0.537. The van der Waals surface area contributed by atoms with E-state index in [1.807, 2.05) is 0 Å². The lowest BCUT2D eigenvalue weighted by atomic mass is 10.2. The topological polar surface area (TPSA) is 59.6 Å². The maximum atomic E-state index is 12.0. The third kappa shape index (κ3) is 7.72. The number of aliphatic imine (C=N–C) groups is 1. The lowest BCUT2D eigenvalue weighted by Crippen LogP contribution is -2.23. The summed E-state index contributed by atoms with van der Waals surface area (Å²) in [7, 11) is 0. The van der Waals surface area contributed by atoms with Crippen LogP contribution in [0.1, 0.15) is 19.3 Å². The zero-order chi connectivity index (χ0) is 15.7. The minimum atomic E-state index is -4.70. The van der Waals surface area contributed by atoms with Gasteiger partial charge in [-0.05, 0) is 37.1 Å². The van der Waals surface area contributed by atoms with Crippen molar-refractivity contribution >= 4 is 11.6 Å². The maximum Gasteiger partial charge on any atom is 0.573 e. The third-order valence-electron chi connectivity index (χ3n) is 2.37. The van der Waals surface area contributed by atoms with Crippen LogP contribution in [0.3, 0.4) is 0 Å². The Morgan fingerprint density at radius 2 is 1.95 bits per heavy atom. The van der Waals surface area contributed by atoms with Gasteiger partial charge in [0.25, 0.3) is 0 Å². The molecule has 114 valence electrons. The van der Waals surface area contributed by atoms with Crippen LogP contribution in [0.2, 0.25) is 0 Å². The van der Waals surface area contributed by atoms with E-state index in [-0.39, 0.29) is 11.7 Å². The van der Waals surface area contributed by atoms with Gasteiger partial charge in [0.15, 0.2) is 5.96 Å². The van der Waals surface area contributed by atoms with Gasteiger partial charge in [0.1, 0.15) is 5.75 Å². The van der Waals surface area contributed by atoms with Gasteiger partial charge in [-0.2, -0.15) is 0 Å². The van der Waals surface area contributed by atoms with Crippen LogP contribution in [0.4, 0.5) is 18.9 Å². The lowest BCUT2D eigenvalue weighted by Gasteiger charge is -2.10. The molecule has 0 saturated carbocycles. The molecular formula is C14H16F3N3O. The maximum absolute atomic E-state index is 12.0.